The highest BCUT2D eigenvalue weighted by molar-refractivity contribution is 5.53. The molecule has 1 heterocycles. The minimum absolute atomic E-state index is 0.0765. The van der Waals surface area contributed by atoms with Crippen molar-refractivity contribution in [1.29, 1.82) is 0 Å². The van der Waals surface area contributed by atoms with Gasteiger partial charge in [0.15, 0.2) is 0 Å². The minimum Gasteiger partial charge on any atom is -0.378 e. The number of nitro groups is 1. The number of aromatic nitrogens is 2. The second kappa shape index (κ2) is 4.97. The molecule has 2 aromatic rings. The Hall–Kier alpha value is -2.77. The van der Waals surface area contributed by atoms with Gasteiger partial charge in [-0.3, -0.25) is 10.1 Å². The molecule has 0 unspecified atom stereocenters. The molecule has 0 spiro atoms. The summed E-state index contributed by atoms with van der Waals surface area (Å²) in [5, 5.41) is 13.7. The lowest BCUT2D eigenvalue weighted by Gasteiger charge is -2.05. The lowest BCUT2D eigenvalue weighted by molar-refractivity contribution is -0.384. The van der Waals surface area contributed by atoms with Crippen LogP contribution in [0.15, 0.2) is 30.5 Å². The zero-order valence-electron chi connectivity index (χ0n) is 10.9. The zero-order valence-corrected chi connectivity index (χ0v) is 10.9. The molecule has 0 radical (unpaired) electrons. The van der Waals surface area contributed by atoms with Crippen molar-refractivity contribution in [3.05, 3.63) is 52.0 Å². The van der Waals surface area contributed by atoms with E-state index >= 15 is 0 Å². The highest BCUT2D eigenvalue weighted by Crippen LogP contribution is 2.42. The van der Waals surface area contributed by atoms with Crippen LogP contribution in [-0.4, -0.2) is 20.9 Å². The molecule has 8 heteroatoms. The third-order valence-electron chi connectivity index (χ3n) is 3.38. The Labute approximate surface area is 119 Å². The summed E-state index contributed by atoms with van der Waals surface area (Å²) in [6.07, 6.45) is 1.90. The number of nitrogens with zero attached hydrogens (tertiary/aromatic N) is 3. The smallest absolute Gasteiger partial charge is 0.329 e. The van der Waals surface area contributed by atoms with Crippen LogP contribution in [0.25, 0.3) is 0 Å². The summed E-state index contributed by atoms with van der Waals surface area (Å²) in [4.78, 5) is 17.7. The number of rotatable bonds is 4. The van der Waals surface area contributed by atoms with Crippen molar-refractivity contribution in [2.45, 2.75) is 18.4 Å². The van der Waals surface area contributed by atoms with Gasteiger partial charge in [-0.05, 0) is 24.1 Å². The molecule has 1 aliphatic rings. The maximum absolute atomic E-state index is 13.2. The van der Waals surface area contributed by atoms with E-state index in [1.54, 1.807) is 6.07 Å². The first-order valence-electron chi connectivity index (χ1n) is 6.33. The van der Waals surface area contributed by atoms with E-state index in [1.807, 2.05) is 6.07 Å². The largest absolute Gasteiger partial charge is 0.378 e. The van der Waals surface area contributed by atoms with Crippen molar-refractivity contribution in [3.63, 3.8) is 0 Å². The Balaban J connectivity index is 1.69. The number of nitrogens with two attached hydrogens (primary N) is 1. The second-order valence-corrected chi connectivity index (χ2v) is 4.87. The standard InChI is InChI=1S/C13H12FN5O2/c14-8-3-1-2-7(4-8)9-5-10(9)17-13-16-6-11(19(20)21)12(15)18-13/h1-4,6,9-10H,5H2,(H3,15,16,17,18)/t9-,10+/m1/s1. The zero-order chi connectivity index (χ0) is 15.0. The van der Waals surface area contributed by atoms with Crippen LogP contribution in [0.1, 0.15) is 17.9 Å². The van der Waals surface area contributed by atoms with Gasteiger partial charge in [0.2, 0.25) is 11.8 Å². The van der Waals surface area contributed by atoms with Crippen LogP contribution in [0.5, 0.6) is 0 Å². The predicted molar refractivity (Wildman–Crippen MR) is 74.3 cm³/mol. The van der Waals surface area contributed by atoms with E-state index in [-0.39, 0.29) is 35.2 Å². The Bertz CT molecular complexity index is 709. The number of benzene rings is 1. The fourth-order valence-electron chi connectivity index (χ4n) is 2.22. The van der Waals surface area contributed by atoms with E-state index < -0.39 is 4.92 Å². The first-order chi connectivity index (χ1) is 10.0. The maximum Gasteiger partial charge on any atom is 0.329 e. The molecule has 1 aromatic carbocycles. The third-order valence-corrected chi connectivity index (χ3v) is 3.38. The minimum atomic E-state index is -0.633. The van der Waals surface area contributed by atoms with Gasteiger partial charge >= 0.3 is 5.69 Å². The molecule has 0 saturated heterocycles. The molecule has 0 bridgehead atoms. The number of halogens is 1. The van der Waals surface area contributed by atoms with Crippen LogP contribution in [-0.2, 0) is 0 Å². The van der Waals surface area contributed by atoms with Gasteiger partial charge in [-0.25, -0.2) is 9.37 Å². The molecule has 1 aliphatic carbocycles. The van der Waals surface area contributed by atoms with Gasteiger partial charge in [-0.1, -0.05) is 12.1 Å². The first-order valence-corrected chi connectivity index (χ1v) is 6.33. The Morgan fingerprint density at radius 3 is 2.95 bits per heavy atom. The fourth-order valence-corrected chi connectivity index (χ4v) is 2.22. The average Bonchev–Trinajstić information content (AvgIpc) is 3.17. The molecule has 0 amide bonds. The van der Waals surface area contributed by atoms with Gasteiger partial charge in [0, 0.05) is 12.0 Å². The second-order valence-electron chi connectivity index (χ2n) is 4.87. The van der Waals surface area contributed by atoms with Gasteiger partial charge in [-0.2, -0.15) is 4.98 Å². The van der Waals surface area contributed by atoms with Crippen molar-refractivity contribution >= 4 is 17.5 Å². The highest BCUT2D eigenvalue weighted by atomic mass is 19.1. The third kappa shape index (κ3) is 2.73. The van der Waals surface area contributed by atoms with Gasteiger partial charge in [0.1, 0.15) is 12.0 Å². The molecule has 108 valence electrons. The summed E-state index contributed by atoms with van der Waals surface area (Å²) in [6.45, 7) is 0. The van der Waals surface area contributed by atoms with Crippen LogP contribution in [0, 0.1) is 15.9 Å². The summed E-state index contributed by atoms with van der Waals surface area (Å²) < 4.78 is 13.2. The number of nitrogen functional groups attached to an aromatic ring is 1. The van der Waals surface area contributed by atoms with Crippen molar-refractivity contribution in [2.24, 2.45) is 0 Å². The highest BCUT2D eigenvalue weighted by Gasteiger charge is 2.39. The fraction of sp³-hybridized carbons (Fsp3) is 0.231. The lowest BCUT2D eigenvalue weighted by Crippen LogP contribution is -2.10. The van der Waals surface area contributed by atoms with Crippen molar-refractivity contribution in [1.82, 2.24) is 9.97 Å². The Morgan fingerprint density at radius 1 is 1.48 bits per heavy atom. The predicted octanol–water partition coefficient (Wildman–Crippen LogP) is 2.07. The van der Waals surface area contributed by atoms with Gasteiger partial charge in [0.05, 0.1) is 4.92 Å². The van der Waals surface area contributed by atoms with Gasteiger partial charge in [0.25, 0.3) is 0 Å². The molecule has 3 rings (SSSR count). The van der Waals surface area contributed by atoms with E-state index in [0.29, 0.717) is 0 Å². The van der Waals surface area contributed by atoms with Gasteiger partial charge in [-0.15, -0.1) is 0 Å². The molecule has 3 N–H and O–H groups in total. The number of anilines is 2. The van der Waals surface area contributed by atoms with Gasteiger partial charge < -0.3 is 11.1 Å². The van der Waals surface area contributed by atoms with Crippen molar-refractivity contribution < 1.29 is 9.31 Å². The molecule has 0 aliphatic heterocycles. The van der Waals surface area contributed by atoms with Crippen LogP contribution >= 0.6 is 0 Å². The summed E-state index contributed by atoms with van der Waals surface area (Å²) in [6, 6.07) is 6.50. The summed E-state index contributed by atoms with van der Waals surface area (Å²) in [5.74, 6) is -0.0304. The molecule has 1 saturated carbocycles. The van der Waals surface area contributed by atoms with Crippen LogP contribution in [0.4, 0.5) is 21.8 Å². The Kier molecular flexibility index (Phi) is 3.13. The van der Waals surface area contributed by atoms with Crippen LogP contribution in [0.2, 0.25) is 0 Å². The van der Waals surface area contributed by atoms with E-state index in [9.17, 15) is 14.5 Å². The van der Waals surface area contributed by atoms with Crippen LogP contribution < -0.4 is 11.1 Å². The molecule has 2 atom stereocenters. The number of hydrogen-bond acceptors (Lipinski definition) is 6. The summed E-state index contributed by atoms with van der Waals surface area (Å²) in [5.41, 5.74) is 6.09. The molecule has 21 heavy (non-hydrogen) atoms. The normalized spacial score (nSPS) is 20.0. The van der Waals surface area contributed by atoms with Crippen molar-refractivity contribution in [3.8, 4) is 0 Å². The monoisotopic (exact) mass is 289 g/mol. The molecular weight excluding hydrogens is 277 g/mol. The topological polar surface area (TPSA) is 107 Å². The molecule has 1 fully saturated rings. The molecule has 1 aromatic heterocycles. The van der Waals surface area contributed by atoms with E-state index in [2.05, 4.69) is 15.3 Å². The quantitative estimate of drug-likeness (QED) is 0.659. The molecule has 7 nitrogen and oxygen atoms in total. The number of hydrogen-bond donors (Lipinski definition) is 2. The average molecular weight is 289 g/mol. The van der Waals surface area contributed by atoms with Crippen molar-refractivity contribution in [2.75, 3.05) is 11.1 Å². The number of nitrogens with one attached hydrogen (secondary N) is 1. The SMILES string of the molecule is Nc1nc(N[C@H]2C[C@@H]2c2cccc(F)c2)ncc1[N+](=O)[O-]. The molecular formula is C13H12FN5O2. The van der Waals surface area contributed by atoms with E-state index in [4.69, 9.17) is 5.73 Å². The summed E-state index contributed by atoms with van der Waals surface area (Å²) >= 11 is 0. The van der Waals surface area contributed by atoms with E-state index in [1.165, 1.54) is 12.1 Å². The summed E-state index contributed by atoms with van der Waals surface area (Å²) in [7, 11) is 0. The van der Waals surface area contributed by atoms with E-state index in [0.717, 1.165) is 18.2 Å². The van der Waals surface area contributed by atoms with Crippen LogP contribution in [0.3, 0.4) is 0 Å². The first kappa shape index (κ1) is 13.2. The lowest BCUT2D eigenvalue weighted by atomic mass is 10.1. The Morgan fingerprint density at radius 2 is 2.29 bits per heavy atom. The maximum atomic E-state index is 13.2.